The van der Waals surface area contributed by atoms with Gasteiger partial charge in [-0.05, 0) is 30.5 Å². The average molecular weight is 262 g/mol. The van der Waals surface area contributed by atoms with Crippen LogP contribution in [0.2, 0.25) is 0 Å². The molecule has 1 aromatic carbocycles. The van der Waals surface area contributed by atoms with E-state index in [1.54, 1.807) is 0 Å². The van der Waals surface area contributed by atoms with Crippen molar-refractivity contribution in [1.82, 2.24) is 0 Å². The smallest absolute Gasteiger partial charge is 0.268 e. The second-order valence-corrected chi connectivity index (χ2v) is 5.35. The number of hydrogen-bond donors (Lipinski definition) is 1. The van der Waals surface area contributed by atoms with Gasteiger partial charge in [0.05, 0.1) is 5.69 Å². The fraction of sp³-hybridized carbons (Fsp3) is 0.533. The summed E-state index contributed by atoms with van der Waals surface area (Å²) in [5, 5.41) is 0. The number of anilines is 2. The molecule has 0 aliphatic carbocycles. The molecule has 0 radical (unpaired) electrons. The standard InChI is InChI=1S/C15H22N2O2/c1-4-5-8-17-12-9-11(16)6-7-13(12)19-14(10(2)3)15(17)18/h6-7,9-10,14H,4-5,8,16H2,1-3H3. The number of unbranched alkanes of at least 4 members (excludes halogenated alkanes) is 1. The molecule has 0 aromatic heterocycles. The van der Waals surface area contributed by atoms with Crippen LogP contribution in [-0.2, 0) is 4.79 Å². The van der Waals surface area contributed by atoms with Crippen molar-refractivity contribution in [3.63, 3.8) is 0 Å². The van der Waals surface area contributed by atoms with Crippen LogP contribution in [0.3, 0.4) is 0 Å². The molecule has 19 heavy (non-hydrogen) atoms. The number of hydrogen-bond acceptors (Lipinski definition) is 3. The van der Waals surface area contributed by atoms with E-state index < -0.39 is 6.10 Å². The first-order valence-electron chi connectivity index (χ1n) is 6.92. The zero-order valence-corrected chi connectivity index (χ0v) is 11.8. The topological polar surface area (TPSA) is 55.6 Å². The minimum atomic E-state index is -0.395. The summed E-state index contributed by atoms with van der Waals surface area (Å²) in [6.45, 7) is 6.84. The highest BCUT2D eigenvalue weighted by atomic mass is 16.5. The molecular formula is C15H22N2O2. The summed E-state index contributed by atoms with van der Waals surface area (Å²) in [6, 6.07) is 5.48. The predicted molar refractivity (Wildman–Crippen MR) is 77.4 cm³/mol. The molecule has 0 bridgehead atoms. The molecule has 1 aliphatic heterocycles. The van der Waals surface area contributed by atoms with Gasteiger partial charge in [0.15, 0.2) is 6.10 Å². The molecule has 104 valence electrons. The van der Waals surface area contributed by atoms with Crippen LogP contribution in [0, 0.1) is 5.92 Å². The van der Waals surface area contributed by atoms with E-state index in [1.807, 2.05) is 36.9 Å². The molecule has 4 nitrogen and oxygen atoms in total. The average Bonchev–Trinajstić information content (AvgIpc) is 2.37. The fourth-order valence-corrected chi connectivity index (χ4v) is 2.27. The second kappa shape index (κ2) is 5.51. The maximum atomic E-state index is 12.5. The van der Waals surface area contributed by atoms with Gasteiger partial charge in [-0.1, -0.05) is 27.2 Å². The summed E-state index contributed by atoms with van der Waals surface area (Å²) in [5.41, 5.74) is 7.27. The molecule has 1 amide bonds. The fourth-order valence-electron chi connectivity index (χ4n) is 2.27. The lowest BCUT2D eigenvalue weighted by Gasteiger charge is -2.36. The van der Waals surface area contributed by atoms with E-state index in [4.69, 9.17) is 10.5 Å². The van der Waals surface area contributed by atoms with Crippen LogP contribution in [0.5, 0.6) is 5.75 Å². The molecular weight excluding hydrogens is 240 g/mol. The van der Waals surface area contributed by atoms with Gasteiger partial charge < -0.3 is 15.4 Å². The summed E-state index contributed by atoms with van der Waals surface area (Å²) >= 11 is 0. The lowest BCUT2D eigenvalue weighted by Crippen LogP contribution is -2.48. The Morgan fingerprint density at radius 2 is 2.16 bits per heavy atom. The van der Waals surface area contributed by atoms with Gasteiger partial charge in [0, 0.05) is 12.2 Å². The van der Waals surface area contributed by atoms with E-state index in [9.17, 15) is 4.79 Å². The van der Waals surface area contributed by atoms with Gasteiger partial charge in [-0.3, -0.25) is 4.79 Å². The molecule has 0 saturated heterocycles. The number of nitrogens with two attached hydrogens (primary N) is 1. The number of nitrogens with zero attached hydrogens (tertiary/aromatic N) is 1. The summed E-state index contributed by atoms with van der Waals surface area (Å²) in [6.07, 6.45) is 1.63. The molecule has 1 unspecified atom stereocenters. The van der Waals surface area contributed by atoms with Crippen LogP contribution in [0.15, 0.2) is 18.2 Å². The van der Waals surface area contributed by atoms with Crippen LogP contribution < -0.4 is 15.4 Å². The number of rotatable bonds is 4. The second-order valence-electron chi connectivity index (χ2n) is 5.35. The number of amides is 1. The maximum Gasteiger partial charge on any atom is 0.268 e. The highest BCUT2D eigenvalue weighted by molar-refractivity contribution is 6.00. The molecule has 0 saturated carbocycles. The number of benzene rings is 1. The van der Waals surface area contributed by atoms with Crippen molar-refractivity contribution in [1.29, 1.82) is 0 Å². The van der Waals surface area contributed by atoms with Crippen LogP contribution in [0.25, 0.3) is 0 Å². The summed E-state index contributed by atoms with van der Waals surface area (Å²) in [4.78, 5) is 14.3. The lowest BCUT2D eigenvalue weighted by atomic mass is 10.0. The zero-order valence-electron chi connectivity index (χ0n) is 11.8. The van der Waals surface area contributed by atoms with E-state index in [0.717, 1.165) is 30.8 Å². The summed E-state index contributed by atoms with van der Waals surface area (Å²) in [7, 11) is 0. The van der Waals surface area contributed by atoms with E-state index in [1.165, 1.54) is 0 Å². The Kier molecular flexibility index (Phi) is 3.98. The van der Waals surface area contributed by atoms with Gasteiger partial charge in [0.1, 0.15) is 5.75 Å². The van der Waals surface area contributed by atoms with Gasteiger partial charge >= 0.3 is 0 Å². The molecule has 2 rings (SSSR count). The van der Waals surface area contributed by atoms with Gasteiger partial charge in [-0.15, -0.1) is 0 Å². The van der Waals surface area contributed by atoms with Crippen molar-refractivity contribution < 1.29 is 9.53 Å². The molecule has 2 N–H and O–H groups in total. The number of nitrogen functional groups attached to an aromatic ring is 1. The van der Waals surface area contributed by atoms with Crippen molar-refractivity contribution in [2.75, 3.05) is 17.2 Å². The number of carbonyl (C=O) groups excluding carboxylic acids is 1. The van der Waals surface area contributed by atoms with Crippen molar-refractivity contribution in [3.8, 4) is 5.75 Å². The molecule has 0 spiro atoms. The van der Waals surface area contributed by atoms with E-state index in [0.29, 0.717) is 5.69 Å². The maximum absolute atomic E-state index is 12.5. The minimum Gasteiger partial charge on any atom is -0.478 e. The molecule has 1 aromatic rings. The van der Waals surface area contributed by atoms with Gasteiger partial charge in [-0.25, -0.2) is 0 Å². The van der Waals surface area contributed by atoms with Crippen molar-refractivity contribution in [2.24, 2.45) is 5.92 Å². The minimum absolute atomic E-state index is 0.0431. The Morgan fingerprint density at radius 1 is 1.42 bits per heavy atom. The number of ether oxygens (including phenoxy) is 1. The van der Waals surface area contributed by atoms with Crippen LogP contribution in [-0.4, -0.2) is 18.6 Å². The zero-order chi connectivity index (χ0) is 14.0. The summed E-state index contributed by atoms with van der Waals surface area (Å²) in [5.74, 6) is 0.951. The predicted octanol–water partition coefficient (Wildman–Crippen LogP) is 2.82. The van der Waals surface area contributed by atoms with Gasteiger partial charge in [-0.2, -0.15) is 0 Å². The van der Waals surface area contributed by atoms with Crippen LogP contribution in [0.1, 0.15) is 33.6 Å². The molecule has 1 atom stereocenters. The Hall–Kier alpha value is -1.71. The largest absolute Gasteiger partial charge is 0.478 e. The highest BCUT2D eigenvalue weighted by Gasteiger charge is 2.35. The molecule has 4 heteroatoms. The molecule has 0 fully saturated rings. The van der Waals surface area contributed by atoms with Crippen molar-refractivity contribution in [3.05, 3.63) is 18.2 Å². The normalized spacial score (nSPS) is 18.4. The van der Waals surface area contributed by atoms with E-state index in [2.05, 4.69) is 6.92 Å². The van der Waals surface area contributed by atoms with Crippen molar-refractivity contribution >= 4 is 17.3 Å². The highest BCUT2D eigenvalue weighted by Crippen LogP contribution is 2.37. The van der Waals surface area contributed by atoms with Crippen LogP contribution >= 0.6 is 0 Å². The molecule has 1 heterocycles. The third-order valence-electron chi connectivity index (χ3n) is 3.38. The number of carbonyl (C=O) groups is 1. The first-order chi connectivity index (χ1) is 9.04. The van der Waals surface area contributed by atoms with Crippen molar-refractivity contribution in [2.45, 2.75) is 39.7 Å². The SMILES string of the molecule is CCCCN1C(=O)C(C(C)C)Oc2ccc(N)cc21. The Labute approximate surface area is 114 Å². The van der Waals surface area contributed by atoms with Gasteiger partial charge in [0.25, 0.3) is 5.91 Å². The monoisotopic (exact) mass is 262 g/mol. The third-order valence-corrected chi connectivity index (χ3v) is 3.38. The van der Waals surface area contributed by atoms with E-state index >= 15 is 0 Å². The Balaban J connectivity index is 2.38. The van der Waals surface area contributed by atoms with Gasteiger partial charge in [0.2, 0.25) is 0 Å². The quantitative estimate of drug-likeness (QED) is 0.849. The summed E-state index contributed by atoms with van der Waals surface area (Å²) < 4.78 is 5.82. The Morgan fingerprint density at radius 3 is 2.79 bits per heavy atom. The first kappa shape index (κ1) is 13.7. The number of fused-ring (bicyclic) bond motifs is 1. The third kappa shape index (κ3) is 2.67. The first-order valence-corrected chi connectivity index (χ1v) is 6.92. The van der Waals surface area contributed by atoms with Crippen LogP contribution in [0.4, 0.5) is 11.4 Å². The Bertz CT molecular complexity index is 471. The molecule has 1 aliphatic rings. The van der Waals surface area contributed by atoms with E-state index in [-0.39, 0.29) is 11.8 Å². The lowest BCUT2D eigenvalue weighted by molar-refractivity contribution is -0.128.